The van der Waals surface area contributed by atoms with Crippen LogP contribution in [0.25, 0.3) is 11.3 Å². The average Bonchev–Trinajstić information content (AvgIpc) is 2.73. The van der Waals surface area contributed by atoms with Gasteiger partial charge in [0, 0.05) is 30.3 Å². The number of carbonyl (C=O) groups is 2. The molecule has 1 heterocycles. The highest BCUT2D eigenvalue weighted by atomic mass is 32.2. The van der Waals surface area contributed by atoms with E-state index in [0.29, 0.717) is 17.3 Å². The van der Waals surface area contributed by atoms with E-state index in [1.54, 1.807) is 0 Å². The molecule has 0 radical (unpaired) electrons. The molecule has 3 aromatic rings. The molecule has 0 aliphatic carbocycles. The topological polar surface area (TPSA) is 72.0 Å². The lowest BCUT2D eigenvalue weighted by atomic mass is 10.0. The standard InChI is InChI=1S/C24H25N3O2S/c1-16-15-22(20-7-5-4-6-8-20)27-24(26-16)30-17(2)23(29)21-11-9-19(10-12-21)13-14-25-18(3)28/h4-12,15,17H,13-14H2,1-3H3,(H,25,28)/t17-/m0/s1. The molecule has 5 nitrogen and oxygen atoms in total. The van der Waals surface area contributed by atoms with Gasteiger partial charge in [0.1, 0.15) is 0 Å². The van der Waals surface area contributed by atoms with E-state index in [9.17, 15) is 9.59 Å². The Balaban J connectivity index is 1.67. The minimum Gasteiger partial charge on any atom is -0.356 e. The highest BCUT2D eigenvalue weighted by Gasteiger charge is 2.18. The molecule has 0 aliphatic rings. The van der Waals surface area contributed by atoms with Crippen molar-refractivity contribution in [1.29, 1.82) is 0 Å². The number of aromatic nitrogens is 2. The number of Topliss-reactive ketones (excluding diaryl/α,β-unsaturated/α-hetero) is 1. The summed E-state index contributed by atoms with van der Waals surface area (Å²) in [5.74, 6) is 0.00113. The first-order valence-electron chi connectivity index (χ1n) is 9.88. The Labute approximate surface area is 181 Å². The Hall–Kier alpha value is -2.99. The van der Waals surface area contributed by atoms with Crippen molar-refractivity contribution >= 4 is 23.5 Å². The molecule has 154 valence electrons. The van der Waals surface area contributed by atoms with Crippen molar-refractivity contribution in [2.75, 3.05) is 6.54 Å². The smallest absolute Gasteiger partial charge is 0.216 e. The summed E-state index contributed by atoms with van der Waals surface area (Å²) < 4.78 is 0. The molecule has 3 rings (SSSR count). The predicted octanol–water partition coefficient (Wildman–Crippen LogP) is 4.49. The molecule has 1 amide bonds. The second-order valence-corrected chi connectivity index (χ2v) is 8.41. The number of benzene rings is 2. The summed E-state index contributed by atoms with van der Waals surface area (Å²) in [7, 11) is 0. The lowest BCUT2D eigenvalue weighted by Gasteiger charge is -2.11. The molecular formula is C24H25N3O2S. The maximum atomic E-state index is 12.9. The van der Waals surface area contributed by atoms with E-state index < -0.39 is 0 Å². The normalized spacial score (nSPS) is 11.7. The summed E-state index contributed by atoms with van der Waals surface area (Å²) in [6, 6.07) is 19.5. The molecule has 0 saturated carbocycles. The molecule has 6 heteroatoms. The zero-order chi connectivity index (χ0) is 21.5. The van der Waals surface area contributed by atoms with Crippen LogP contribution in [0.3, 0.4) is 0 Å². The highest BCUT2D eigenvalue weighted by molar-refractivity contribution is 8.00. The van der Waals surface area contributed by atoms with Crippen molar-refractivity contribution in [1.82, 2.24) is 15.3 Å². The summed E-state index contributed by atoms with van der Waals surface area (Å²) in [6.45, 7) is 5.90. The van der Waals surface area contributed by atoms with Gasteiger partial charge in [-0.05, 0) is 31.9 Å². The first-order valence-corrected chi connectivity index (χ1v) is 10.8. The van der Waals surface area contributed by atoms with Gasteiger partial charge in [-0.2, -0.15) is 0 Å². The SMILES string of the molecule is CC(=O)NCCc1ccc(C(=O)[C@H](C)Sc2nc(C)cc(-c3ccccc3)n2)cc1. The number of hydrogen-bond acceptors (Lipinski definition) is 5. The molecule has 1 atom stereocenters. The average molecular weight is 420 g/mol. The minimum atomic E-state index is -0.305. The van der Waals surface area contributed by atoms with E-state index in [4.69, 9.17) is 0 Å². The van der Waals surface area contributed by atoms with Gasteiger partial charge in [0.15, 0.2) is 10.9 Å². The van der Waals surface area contributed by atoms with Gasteiger partial charge in [0.2, 0.25) is 5.91 Å². The Bertz CT molecular complexity index is 1020. The van der Waals surface area contributed by atoms with Crippen LogP contribution in [-0.4, -0.2) is 33.5 Å². The van der Waals surface area contributed by atoms with Crippen LogP contribution in [0.1, 0.15) is 35.5 Å². The fraction of sp³-hybridized carbons (Fsp3) is 0.250. The van der Waals surface area contributed by atoms with E-state index in [2.05, 4.69) is 15.3 Å². The molecule has 0 fully saturated rings. The fourth-order valence-corrected chi connectivity index (χ4v) is 3.92. The number of nitrogens with one attached hydrogen (secondary N) is 1. The Morgan fingerprint density at radius 1 is 1.03 bits per heavy atom. The lowest BCUT2D eigenvalue weighted by Crippen LogP contribution is -2.22. The van der Waals surface area contributed by atoms with Crippen LogP contribution < -0.4 is 5.32 Å². The number of nitrogens with zero attached hydrogens (tertiary/aromatic N) is 2. The number of thioether (sulfide) groups is 1. The summed E-state index contributed by atoms with van der Waals surface area (Å²) in [5.41, 5.74) is 4.49. The van der Waals surface area contributed by atoms with E-state index in [1.807, 2.05) is 74.5 Å². The highest BCUT2D eigenvalue weighted by Crippen LogP contribution is 2.26. The van der Waals surface area contributed by atoms with Gasteiger partial charge in [-0.1, -0.05) is 66.4 Å². The van der Waals surface area contributed by atoms with Crippen molar-refractivity contribution in [2.24, 2.45) is 0 Å². The van der Waals surface area contributed by atoms with Crippen LogP contribution >= 0.6 is 11.8 Å². The molecule has 1 N–H and O–H groups in total. The van der Waals surface area contributed by atoms with Crippen molar-refractivity contribution in [2.45, 2.75) is 37.6 Å². The fourth-order valence-electron chi connectivity index (χ4n) is 3.02. The monoisotopic (exact) mass is 419 g/mol. The van der Waals surface area contributed by atoms with Crippen molar-refractivity contribution in [3.63, 3.8) is 0 Å². The summed E-state index contributed by atoms with van der Waals surface area (Å²) in [4.78, 5) is 33.0. The summed E-state index contributed by atoms with van der Waals surface area (Å²) in [5, 5.41) is 3.07. The Morgan fingerprint density at radius 2 is 1.73 bits per heavy atom. The van der Waals surface area contributed by atoms with E-state index in [-0.39, 0.29) is 16.9 Å². The minimum absolute atomic E-state index is 0.0403. The van der Waals surface area contributed by atoms with Crippen LogP contribution in [0.5, 0.6) is 0 Å². The van der Waals surface area contributed by atoms with Gasteiger partial charge < -0.3 is 5.32 Å². The van der Waals surface area contributed by atoms with Crippen LogP contribution in [0.4, 0.5) is 0 Å². The number of carbonyl (C=O) groups excluding carboxylic acids is 2. The molecule has 0 spiro atoms. The van der Waals surface area contributed by atoms with Crippen LogP contribution in [-0.2, 0) is 11.2 Å². The van der Waals surface area contributed by atoms with Crippen molar-refractivity contribution in [3.05, 3.63) is 77.5 Å². The first-order chi connectivity index (χ1) is 14.4. The Kier molecular flexibility index (Phi) is 7.36. The third-order valence-corrected chi connectivity index (χ3v) is 5.54. The van der Waals surface area contributed by atoms with Gasteiger partial charge in [-0.25, -0.2) is 9.97 Å². The van der Waals surface area contributed by atoms with Gasteiger partial charge in [-0.15, -0.1) is 0 Å². The van der Waals surface area contributed by atoms with Crippen molar-refractivity contribution in [3.8, 4) is 11.3 Å². The Morgan fingerprint density at radius 3 is 2.40 bits per heavy atom. The first kappa shape index (κ1) is 21.7. The van der Waals surface area contributed by atoms with Crippen LogP contribution in [0, 0.1) is 6.92 Å². The molecule has 0 saturated heterocycles. The van der Waals surface area contributed by atoms with E-state index in [0.717, 1.165) is 28.9 Å². The lowest BCUT2D eigenvalue weighted by molar-refractivity contribution is -0.118. The van der Waals surface area contributed by atoms with Crippen LogP contribution in [0.2, 0.25) is 0 Å². The van der Waals surface area contributed by atoms with E-state index >= 15 is 0 Å². The molecule has 0 aliphatic heterocycles. The number of amides is 1. The maximum Gasteiger partial charge on any atom is 0.216 e. The molecule has 0 bridgehead atoms. The molecule has 0 unspecified atom stereocenters. The van der Waals surface area contributed by atoms with Gasteiger partial charge in [0.25, 0.3) is 0 Å². The van der Waals surface area contributed by atoms with Gasteiger partial charge >= 0.3 is 0 Å². The molecule has 2 aromatic carbocycles. The molecule has 1 aromatic heterocycles. The maximum absolute atomic E-state index is 12.9. The third kappa shape index (κ3) is 6.00. The van der Waals surface area contributed by atoms with Crippen LogP contribution in [0.15, 0.2) is 65.8 Å². The van der Waals surface area contributed by atoms with Gasteiger partial charge in [-0.3, -0.25) is 9.59 Å². The number of ketones is 1. The third-order valence-electron chi connectivity index (χ3n) is 4.58. The van der Waals surface area contributed by atoms with E-state index in [1.165, 1.54) is 18.7 Å². The van der Waals surface area contributed by atoms with Crippen molar-refractivity contribution < 1.29 is 9.59 Å². The number of rotatable bonds is 8. The quantitative estimate of drug-likeness (QED) is 0.331. The number of hydrogen-bond donors (Lipinski definition) is 1. The largest absolute Gasteiger partial charge is 0.356 e. The zero-order valence-corrected chi connectivity index (χ0v) is 18.2. The summed E-state index contributed by atoms with van der Waals surface area (Å²) >= 11 is 1.37. The van der Waals surface area contributed by atoms with Gasteiger partial charge in [0.05, 0.1) is 10.9 Å². The molecule has 30 heavy (non-hydrogen) atoms. The zero-order valence-electron chi connectivity index (χ0n) is 17.4. The number of aryl methyl sites for hydroxylation is 1. The second-order valence-electron chi connectivity index (χ2n) is 7.10. The predicted molar refractivity (Wildman–Crippen MR) is 121 cm³/mol. The summed E-state index contributed by atoms with van der Waals surface area (Å²) in [6.07, 6.45) is 0.734. The molecular weight excluding hydrogens is 394 g/mol. The second kappa shape index (κ2) is 10.2.